The SMILES string of the molecule is O=C(Cc1ccccc1)NC(=O)Nc1ccc(Oc2ccnc(NC(=O)C3CCNCC3)c2)c(F)c1. The molecule has 0 saturated carbocycles. The van der Waals surface area contributed by atoms with E-state index in [9.17, 15) is 18.8 Å². The van der Waals surface area contributed by atoms with E-state index in [-0.39, 0.29) is 35.4 Å². The maximum Gasteiger partial charge on any atom is 0.325 e. The lowest BCUT2D eigenvalue weighted by atomic mass is 9.97. The second-order valence-electron chi connectivity index (χ2n) is 8.30. The quantitative estimate of drug-likeness (QED) is 0.399. The standard InChI is InChI=1S/C26H26FN5O4/c27-21-15-19(30-26(35)32-24(33)14-17-4-2-1-3-5-17)6-7-22(21)36-20-10-13-29-23(16-20)31-25(34)18-8-11-28-12-9-18/h1-7,10,13,15-16,18,28H,8-9,11-12,14H2,(H,29,31,34)(H2,30,32,33,35). The third-order valence-electron chi connectivity index (χ3n) is 5.57. The van der Waals surface area contributed by atoms with Crippen LogP contribution in [0.4, 0.5) is 20.7 Å². The Morgan fingerprint density at radius 1 is 1.00 bits per heavy atom. The maximum atomic E-state index is 14.6. The highest BCUT2D eigenvalue weighted by atomic mass is 19.1. The van der Waals surface area contributed by atoms with Crippen LogP contribution in [0.1, 0.15) is 18.4 Å². The summed E-state index contributed by atoms with van der Waals surface area (Å²) in [5, 5.41) is 10.6. The minimum atomic E-state index is -0.771. The summed E-state index contributed by atoms with van der Waals surface area (Å²) >= 11 is 0. The van der Waals surface area contributed by atoms with Crippen LogP contribution < -0.4 is 26.0 Å². The fourth-order valence-electron chi connectivity index (χ4n) is 3.76. The number of carbonyl (C=O) groups is 3. The molecule has 2 aromatic carbocycles. The zero-order valence-corrected chi connectivity index (χ0v) is 19.4. The zero-order chi connectivity index (χ0) is 25.3. The molecule has 4 rings (SSSR count). The highest BCUT2D eigenvalue weighted by Crippen LogP contribution is 2.28. The largest absolute Gasteiger partial charge is 0.454 e. The molecule has 0 atom stereocenters. The normalized spacial score (nSPS) is 13.5. The first-order chi connectivity index (χ1) is 17.5. The molecule has 36 heavy (non-hydrogen) atoms. The van der Waals surface area contributed by atoms with Crippen LogP contribution >= 0.6 is 0 Å². The summed E-state index contributed by atoms with van der Waals surface area (Å²) in [6.07, 6.45) is 3.01. The molecule has 0 aliphatic carbocycles. The van der Waals surface area contributed by atoms with E-state index >= 15 is 0 Å². The van der Waals surface area contributed by atoms with Crippen molar-refractivity contribution in [2.24, 2.45) is 5.92 Å². The smallest absolute Gasteiger partial charge is 0.325 e. The lowest BCUT2D eigenvalue weighted by molar-refractivity contribution is -0.121. The van der Waals surface area contributed by atoms with Gasteiger partial charge in [0.15, 0.2) is 11.6 Å². The number of benzene rings is 2. The highest BCUT2D eigenvalue weighted by Gasteiger charge is 2.21. The number of urea groups is 1. The Morgan fingerprint density at radius 3 is 2.53 bits per heavy atom. The molecule has 2 heterocycles. The van der Waals surface area contributed by atoms with Crippen LogP contribution in [0.2, 0.25) is 0 Å². The molecule has 9 nitrogen and oxygen atoms in total. The van der Waals surface area contributed by atoms with Gasteiger partial charge in [-0.15, -0.1) is 0 Å². The number of ether oxygens (including phenoxy) is 1. The third kappa shape index (κ3) is 7.09. The highest BCUT2D eigenvalue weighted by molar-refractivity contribution is 6.01. The van der Waals surface area contributed by atoms with Gasteiger partial charge in [-0.1, -0.05) is 30.3 Å². The first kappa shape index (κ1) is 24.8. The molecule has 0 radical (unpaired) electrons. The number of imide groups is 1. The monoisotopic (exact) mass is 491 g/mol. The first-order valence-corrected chi connectivity index (χ1v) is 11.6. The number of amides is 4. The fourth-order valence-corrected chi connectivity index (χ4v) is 3.76. The number of aromatic nitrogens is 1. The molecule has 1 fully saturated rings. The predicted octanol–water partition coefficient (Wildman–Crippen LogP) is 3.84. The van der Waals surface area contributed by atoms with Crippen LogP contribution in [0.15, 0.2) is 66.9 Å². The van der Waals surface area contributed by atoms with Crippen LogP contribution in [-0.2, 0) is 16.0 Å². The zero-order valence-electron chi connectivity index (χ0n) is 19.4. The average molecular weight is 492 g/mol. The minimum absolute atomic E-state index is 0.0433. The molecule has 1 aliphatic heterocycles. The molecular weight excluding hydrogens is 465 g/mol. The van der Waals surface area contributed by atoms with Crippen molar-refractivity contribution >= 4 is 29.4 Å². The van der Waals surface area contributed by atoms with Gasteiger partial charge in [0.25, 0.3) is 0 Å². The molecular formula is C26H26FN5O4. The summed E-state index contributed by atoms with van der Waals surface area (Å²) in [6, 6.07) is 15.1. The Bertz CT molecular complexity index is 1230. The van der Waals surface area contributed by atoms with Crippen LogP contribution in [-0.4, -0.2) is 35.9 Å². The van der Waals surface area contributed by atoms with Gasteiger partial charge in [-0.05, 0) is 49.7 Å². The molecule has 0 spiro atoms. The van der Waals surface area contributed by atoms with E-state index in [1.165, 1.54) is 30.5 Å². The second kappa shape index (κ2) is 11.9. The Balaban J connectivity index is 1.31. The van der Waals surface area contributed by atoms with Crippen molar-refractivity contribution in [1.82, 2.24) is 15.6 Å². The number of nitrogens with one attached hydrogen (secondary N) is 4. The van der Waals surface area contributed by atoms with Gasteiger partial charge in [0.05, 0.1) is 6.42 Å². The van der Waals surface area contributed by atoms with Crippen LogP contribution in [0.25, 0.3) is 0 Å². The molecule has 0 unspecified atom stereocenters. The fraction of sp³-hybridized carbons (Fsp3) is 0.231. The third-order valence-corrected chi connectivity index (χ3v) is 5.57. The van der Waals surface area contributed by atoms with E-state index in [0.29, 0.717) is 5.82 Å². The van der Waals surface area contributed by atoms with Crippen molar-refractivity contribution < 1.29 is 23.5 Å². The van der Waals surface area contributed by atoms with Crippen LogP contribution in [0.3, 0.4) is 0 Å². The maximum absolute atomic E-state index is 14.6. The summed E-state index contributed by atoms with van der Waals surface area (Å²) < 4.78 is 20.2. The number of rotatable bonds is 7. The number of hydrogen-bond donors (Lipinski definition) is 4. The number of halogens is 1. The van der Waals surface area contributed by atoms with Crippen molar-refractivity contribution in [3.8, 4) is 11.5 Å². The van der Waals surface area contributed by atoms with E-state index in [2.05, 4.69) is 26.3 Å². The molecule has 3 aromatic rings. The van der Waals surface area contributed by atoms with E-state index in [4.69, 9.17) is 4.74 Å². The molecule has 4 N–H and O–H groups in total. The van der Waals surface area contributed by atoms with Crippen molar-refractivity contribution in [2.75, 3.05) is 23.7 Å². The van der Waals surface area contributed by atoms with Gasteiger partial charge in [0.2, 0.25) is 11.8 Å². The van der Waals surface area contributed by atoms with Crippen LogP contribution in [0.5, 0.6) is 11.5 Å². The van der Waals surface area contributed by atoms with Gasteiger partial charge < -0.3 is 20.7 Å². The Morgan fingerprint density at radius 2 is 1.78 bits per heavy atom. The van der Waals surface area contributed by atoms with E-state index in [1.807, 2.05) is 6.07 Å². The number of anilines is 2. The summed E-state index contributed by atoms with van der Waals surface area (Å²) in [5.74, 6) is -0.881. The van der Waals surface area contributed by atoms with Gasteiger partial charge >= 0.3 is 6.03 Å². The van der Waals surface area contributed by atoms with Gasteiger partial charge in [0, 0.05) is 29.9 Å². The Kier molecular flexibility index (Phi) is 8.20. The summed E-state index contributed by atoms with van der Waals surface area (Å²) in [7, 11) is 0. The van der Waals surface area contributed by atoms with Crippen LogP contribution in [0, 0.1) is 11.7 Å². The number of carbonyl (C=O) groups excluding carboxylic acids is 3. The van der Waals surface area contributed by atoms with Crippen molar-refractivity contribution in [3.63, 3.8) is 0 Å². The molecule has 0 bridgehead atoms. The Labute approximate surface area is 207 Å². The Hall–Kier alpha value is -4.31. The number of nitrogens with zero attached hydrogens (tertiary/aromatic N) is 1. The second-order valence-corrected chi connectivity index (χ2v) is 8.30. The van der Waals surface area contributed by atoms with Crippen molar-refractivity contribution in [2.45, 2.75) is 19.3 Å². The van der Waals surface area contributed by atoms with Gasteiger partial charge in [0.1, 0.15) is 11.6 Å². The van der Waals surface area contributed by atoms with Crippen molar-refractivity contribution in [1.29, 1.82) is 0 Å². The molecule has 186 valence electrons. The number of hydrogen-bond acceptors (Lipinski definition) is 6. The lowest BCUT2D eigenvalue weighted by Crippen LogP contribution is -2.35. The van der Waals surface area contributed by atoms with Gasteiger partial charge in [-0.3, -0.25) is 14.9 Å². The minimum Gasteiger partial charge on any atom is -0.454 e. The van der Waals surface area contributed by atoms with E-state index < -0.39 is 17.8 Å². The summed E-state index contributed by atoms with van der Waals surface area (Å²) in [4.78, 5) is 40.7. The number of piperidine rings is 1. The first-order valence-electron chi connectivity index (χ1n) is 11.6. The number of pyridine rings is 1. The predicted molar refractivity (Wildman–Crippen MR) is 132 cm³/mol. The summed E-state index contributed by atoms with van der Waals surface area (Å²) in [6.45, 7) is 1.59. The van der Waals surface area contributed by atoms with E-state index in [1.54, 1.807) is 24.3 Å². The molecule has 4 amide bonds. The average Bonchev–Trinajstić information content (AvgIpc) is 2.87. The molecule has 1 aromatic heterocycles. The lowest BCUT2D eigenvalue weighted by Gasteiger charge is -2.21. The topological polar surface area (TPSA) is 121 Å². The molecule has 1 aliphatic rings. The van der Waals surface area contributed by atoms with Gasteiger partial charge in [-0.25, -0.2) is 14.2 Å². The molecule has 10 heteroatoms. The van der Waals surface area contributed by atoms with E-state index in [0.717, 1.165) is 37.6 Å². The van der Waals surface area contributed by atoms with Gasteiger partial charge in [-0.2, -0.15) is 0 Å². The molecule has 1 saturated heterocycles. The van der Waals surface area contributed by atoms with Crippen molar-refractivity contribution in [3.05, 3.63) is 78.2 Å². The summed E-state index contributed by atoms with van der Waals surface area (Å²) in [5.41, 5.74) is 0.912.